The van der Waals surface area contributed by atoms with Gasteiger partial charge in [-0.2, -0.15) is 4.68 Å². The van der Waals surface area contributed by atoms with Crippen LogP contribution in [0.25, 0.3) is 5.65 Å². The second-order valence-electron chi connectivity index (χ2n) is 5.29. The summed E-state index contributed by atoms with van der Waals surface area (Å²) < 4.78 is 9.63. The third-order valence-corrected chi connectivity index (χ3v) is 4.19. The quantitative estimate of drug-likeness (QED) is 0.729. The molecule has 5 nitrogen and oxygen atoms in total. The van der Waals surface area contributed by atoms with Gasteiger partial charge in [-0.25, -0.2) is 0 Å². The van der Waals surface area contributed by atoms with Gasteiger partial charge in [-0.05, 0) is 37.3 Å². The van der Waals surface area contributed by atoms with Gasteiger partial charge in [-0.1, -0.05) is 23.2 Å². The maximum Gasteiger partial charge on any atom is 0.207 e. The molecule has 3 aromatic heterocycles. The number of halogens is 2. The van der Waals surface area contributed by atoms with Crippen LogP contribution < -0.4 is 4.90 Å². The van der Waals surface area contributed by atoms with Crippen molar-refractivity contribution in [2.45, 2.75) is 20.1 Å². The standard InChI is InChI=1S/C14H14Cl2N4OS/c1-9-3-4-11(21-9)7-18(2)8-20-14(22)19-6-10(15)5-12(16)13(19)17-20/h3-6H,7-8H2,1-2H3/p+1. The van der Waals surface area contributed by atoms with Crippen molar-refractivity contribution in [1.82, 2.24) is 14.2 Å². The van der Waals surface area contributed by atoms with Crippen LogP contribution in [0.5, 0.6) is 0 Å². The molecule has 0 aliphatic rings. The Bertz CT molecular complexity index is 883. The molecule has 3 heterocycles. The first-order valence-corrected chi connectivity index (χ1v) is 7.91. The van der Waals surface area contributed by atoms with Crippen molar-refractivity contribution in [2.24, 2.45) is 0 Å². The topological polar surface area (TPSA) is 39.8 Å². The zero-order valence-corrected chi connectivity index (χ0v) is 14.5. The summed E-state index contributed by atoms with van der Waals surface area (Å²) in [5, 5.41) is 5.48. The van der Waals surface area contributed by atoms with Crippen LogP contribution >= 0.6 is 35.4 Å². The molecule has 8 heteroatoms. The summed E-state index contributed by atoms with van der Waals surface area (Å²) in [4.78, 5) is 1.19. The van der Waals surface area contributed by atoms with Gasteiger partial charge in [0.1, 0.15) is 12.3 Å². The van der Waals surface area contributed by atoms with Gasteiger partial charge >= 0.3 is 0 Å². The minimum Gasteiger partial charge on any atom is -0.460 e. The van der Waals surface area contributed by atoms with Crippen molar-refractivity contribution in [3.63, 3.8) is 0 Å². The molecule has 0 amide bonds. The summed E-state index contributed by atoms with van der Waals surface area (Å²) in [7, 11) is 2.05. The molecule has 22 heavy (non-hydrogen) atoms. The van der Waals surface area contributed by atoms with E-state index in [0.29, 0.717) is 27.1 Å². The third kappa shape index (κ3) is 3.05. The fourth-order valence-electron chi connectivity index (χ4n) is 2.34. The van der Waals surface area contributed by atoms with Gasteiger partial charge in [0, 0.05) is 6.20 Å². The lowest BCUT2D eigenvalue weighted by molar-refractivity contribution is -0.918. The fraction of sp³-hybridized carbons (Fsp3) is 0.286. The number of aryl methyl sites for hydroxylation is 1. The van der Waals surface area contributed by atoms with Crippen LogP contribution in [0.3, 0.4) is 0 Å². The summed E-state index contributed by atoms with van der Waals surface area (Å²) in [6, 6.07) is 5.60. The molecule has 0 aromatic carbocycles. The second-order valence-corrected chi connectivity index (χ2v) is 6.50. The average molecular weight is 358 g/mol. The first kappa shape index (κ1) is 15.6. The highest BCUT2D eigenvalue weighted by molar-refractivity contribution is 7.71. The summed E-state index contributed by atoms with van der Waals surface area (Å²) in [6.07, 6.45) is 1.72. The molecule has 0 spiro atoms. The van der Waals surface area contributed by atoms with E-state index in [4.69, 9.17) is 39.8 Å². The smallest absolute Gasteiger partial charge is 0.207 e. The molecule has 0 aliphatic heterocycles. The molecule has 1 unspecified atom stereocenters. The maximum atomic E-state index is 6.17. The van der Waals surface area contributed by atoms with Crippen LogP contribution in [0.2, 0.25) is 10.0 Å². The van der Waals surface area contributed by atoms with Crippen LogP contribution in [0.4, 0.5) is 0 Å². The number of hydrogen-bond donors (Lipinski definition) is 1. The van der Waals surface area contributed by atoms with Crippen molar-refractivity contribution >= 4 is 41.1 Å². The van der Waals surface area contributed by atoms with E-state index in [0.717, 1.165) is 18.1 Å². The number of quaternary nitrogens is 1. The minimum atomic E-state index is 0.483. The van der Waals surface area contributed by atoms with E-state index >= 15 is 0 Å². The molecule has 3 aromatic rings. The zero-order valence-electron chi connectivity index (χ0n) is 12.1. The Hall–Kier alpha value is -1.34. The number of nitrogens with zero attached hydrogens (tertiary/aromatic N) is 3. The van der Waals surface area contributed by atoms with Gasteiger partial charge in [0.15, 0.2) is 18.1 Å². The first-order valence-electron chi connectivity index (χ1n) is 6.75. The van der Waals surface area contributed by atoms with E-state index in [-0.39, 0.29) is 0 Å². The lowest BCUT2D eigenvalue weighted by Gasteiger charge is -2.11. The largest absolute Gasteiger partial charge is 0.460 e. The number of furan rings is 1. The summed E-state index contributed by atoms with van der Waals surface area (Å²) >= 11 is 17.6. The van der Waals surface area contributed by atoms with Gasteiger partial charge in [0.05, 0.1) is 17.1 Å². The summed E-state index contributed by atoms with van der Waals surface area (Å²) in [6.45, 7) is 3.29. The van der Waals surface area contributed by atoms with Crippen LogP contribution in [-0.2, 0) is 13.2 Å². The van der Waals surface area contributed by atoms with E-state index in [1.54, 1.807) is 21.3 Å². The van der Waals surface area contributed by atoms with E-state index in [1.165, 1.54) is 4.90 Å². The number of aromatic nitrogens is 3. The highest BCUT2D eigenvalue weighted by Gasteiger charge is 2.13. The summed E-state index contributed by atoms with van der Waals surface area (Å²) in [5.74, 6) is 1.85. The lowest BCUT2D eigenvalue weighted by Crippen LogP contribution is -3.06. The SMILES string of the molecule is Cc1ccc(C[NH+](C)Cn2nc3c(Cl)cc(Cl)cn3c2=S)o1. The molecule has 0 saturated heterocycles. The third-order valence-electron chi connectivity index (χ3n) is 3.29. The second kappa shape index (κ2) is 6.04. The van der Waals surface area contributed by atoms with Gasteiger partial charge < -0.3 is 9.32 Å². The molecule has 1 N–H and O–H groups in total. The number of pyridine rings is 1. The highest BCUT2D eigenvalue weighted by Crippen LogP contribution is 2.21. The van der Waals surface area contributed by atoms with Gasteiger partial charge in [0.2, 0.25) is 4.77 Å². The van der Waals surface area contributed by atoms with Crippen molar-refractivity contribution in [1.29, 1.82) is 0 Å². The molecule has 0 radical (unpaired) electrons. The number of hydrogen-bond acceptors (Lipinski definition) is 3. The van der Waals surface area contributed by atoms with Crippen LogP contribution in [0.1, 0.15) is 11.5 Å². The van der Waals surface area contributed by atoms with Gasteiger partial charge in [-0.3, -0.25) is 4.40 Å². The number of fused-ring (bicyclic) bond motifs is 1. The van der Waals surface area contributed by atoms with Crippen LogP contribution in [-0.4, -0.2) is 21.2 Å². The molecule has 0 fully saturated rings. The van der Waals surface area contributed by atoms with E-state index in [2.05, 4.69) is 12.1 Å². The maximum absolute atomic E-state index is 6.17. The van der Waals surface area contributed by atoms with E-state index < -0.39 is 0 Å². The van der Waals surface area contributed by atoms with Crippen LogP contribution in [0, 0.1) is 11.7 Å². The van der Waals surface area contributed by atoms with Gasteiger partial charge in [0.25, 0.3) is 0 Å². The molecular formula is C14H15Cl2N4OS+. The highest BCUT2D eigenvalue weighted by atomic mass is 35.5. The van der Waals surface area contributed by atoms with Crippen LogP contribution in [0.15, 0.2) is 28.8 Å². The Balaban J connectivity index is 1.86. The monoisotopic (exact) mass is 357 g/mol. The molecule has 1 atom stereocenters. The average Bonchev–Trinajstić information content (AvgIpc) is 2.96. The first-order chi connectivity index (χ1) is 10.4. The van der Waals surface area contributed by atoms with Crippen molar-refractivity contribution in [3.8, 4) is 0 Å². The molecule has 0 aliphatic carbocycles. The van der Waals surface area contributed by atoms with E-state index in [1.807, 2.05) is 19.1 Å². The van der Waals surface area contributed by atoms with E-state index in [9.17, 15) is 0 Å². The fourth-order valence-corrected chi connectivity index (χ4v) is 3.09. The van der Waals surface area contributed by atoms with Crippen molar-refractivity contribution < 1.29 is 9.32 Å². The minimum absolute atomic E-state index is 0.483. The Morgan fingerprint density at radius 2 is 2.14 bits per heavy atom. The Labute approximate surface area is 142 Å². The lowest BCUT2D eigenvalue weighted by atomic mass is 10.4. The Morgan fingerprint density at radius 3 is 2.82 bits per heavy atom. The number of rotatable bonds is 4. The Morgan fingerprint density at radius 1 is 1.36 bits per heavy atom. The van der Waals surface area contributed by atoms with Crippen molar-refractivity contribution in [2.75, 3.05) is 7.05 Å². The molecular weight excluding hydrogens is 343 g/mol. The molecule has 3 rings (SSSR count). The predicted octanol–water partition coefficient (Wildman–Crippen LogP) is 2.75. The molecule has 116 valence electrons. The molecule has 0 bridgehead atoms. The Kier molecular flexibility index (Phi) is 4.27. The van der Waals surface area contributed by atoms with Crippen molar-refractivity contribution in [3.05, 3.63) is 50.7 Å². The van der Waals surface area contributed by atoms with Gasteiger partial charge in [-0.15, -0.1) is 5.10 Å². The predicted molar refractivity (Wildman–Crippen MR) is 88.1 cm³/mol. The normalized spacial score (nSPS) is 12.9. The zero-order chi connectivity index (χ0) is 15.9. The molecule has 0 saturated carbocycles. The number of nitrogens with one attached hydrogen (secondary N) is 1. The summed E-state index contributed by atoms with van der Waals surface area (Å²) in [5.41, 5.74) is 0.609.